The molecule has 2 N–H and O–H groups in total. The van der Waals surface area contributed by atoms with Crippen LogP contribution >= 0.6 is 0 Å². The van der Waals surface area contributed by atoms with E-state index in [0.29, 0.717) is 13.0 Å². The highest BCUT2D eigenvalue weighted by atomic mass is 16.6. The van der Waals surface area contributed by atoms with Crippen molar-refractivity contribution in [1.82, 2.24) is 9.80 Å². The minimum atomic E-state index is -1.26. The van der Waals surface area contributed by atoms with Gasteiger partial charge < -0.3 is 15.5 Å². The molecule has 32 heavy (non-hydrogen) atoms. The van der Waals surface area contributed by atoms with Crippen molar-refractivity contribution in [2.45, 2.75) is 39.2 Å². The van der Waals surface area contributed by atoms with E-state index in [4.69, 9.17) is 5.73 Å². The summed E-state index contributed by atoms with van der Waals surface area (Å²) >= 11 is 0. The second-order valence-corrected chi connectivity index (χ2v) is 7.94. The average molecular weight is 441 g/mol. The Bertz CT molecular complexity index is 913. The van der Waals surface area contributed by atoms with Gasteiger partial charge in [-0.15, -0.1) is 0 Å². The maximum Gasteiger partial charge on any atom is 0.269 e. The number of carbonyl (C=O) groups excluding carboxylic acids is 2. The van der Waals surface area contributed by atoms with E-state index in [2.05, 4.69) is 18.7 Å². The van der Waals surface area contributed by atoms with Crippen LogP contribution in [0.4, 0.5) is 5.69 Å². The number of non-ortho nitro benzene ring substituents is 1. The summed E-state index contributed by atoms with van der Waals surface area (Å²) in [5, 5.41) is 11.0. The van der Waals surface area contributed by atoms with Gasteiger partial charge >= 0.3 is 0 Å². The minimum absolute atomic E-state index is 0.100. The first-order valence-corrected chi connectivity index (χ1v) is 10.9. The van der Waals surface area contributed by atoms with Crippen LogP contribution in [0.5, 0.6) is 0 Å². The van der Waals surface area contributed by atoms with Gasteiger partial charge in [0.05, 0.1) is 4.92 Å². The molecule has 0 aliphatic rings. The standard InChI is InChI=1S/C24H32N4O4/c1-4-26(5-2)16-9-17-27(22(29)20-12-14-21(15-13-20)28(31)32)24(3,23(25)30)18-19-10-7-6-8-11-19/h6-8,10-15H,4-5,9,16-18H2,1-3H3,(H2,25,30). The summed E-state index contributed by atoms with van der Waals surface area (Å²) in [6.07, 6.45) is 0.936. The zero-order valence-electron chi connectivity index (χ0n) is 19.0. The molecule has 0 aliphatic heterocycles. The van der Waals surface area contributed by atoms with Crippen LogP contribution in [-0.4, -0.2) is 58.3 Å². The van der Waals surface area contributed by atoms with Crippen molar-refractivity contribution in [3.8, 4) is 0 Å². The molecule has 2 aromatic rings. The number of nitro groups is 1. The normalized spacial score (nSPS) is 12.9. The van der Waals surface area contributed by atoms with Gasteiger partial charge in [0.2, 0.25) is 5.91 Å². The molecular weight excluding hydrogens is 408 g/mol. The van der Waals surface area contributed by atoms with Crippen LogP contribution in [0.3, 0.4) is 0 Å². The predicted molar refractivity (Wildman–Crippen MR) is 124 cm³/mol. The molecule has 0 bridgehead atoms. The summed E-state index contributed by atoms with van der Waals surface area (Å²) in [5.74, 6) is -0.976. The fourth-order valence-electron chi connectivity index (χ4n) is 3.76. The second-order valence-electron chi connectivity index (χ2n) is 7.94. The number of nitro benzene ring substituents is 1. The summed E-state index contributed by atoms with van der Waals surface area (Å²) in [5.41, 5.74) is 5.65. The summed E-state index contributed by atoms with van der Waals surface area (Å²) in [6, 6.07) is 14.8. The lowest BCUT2D eigenvalue weighted by Gasteiger charge is -2.39. The van der Waals surface area contributed by atoms with Crippen LogP contribution in [0.25, 0.3) is 0 Å². The first-order valence-electron chi connectivity index (χ1n) is 10.9. The van der Waals surface area contributed by atoms with Crippen LogP contribution in [0.2, 0.25) is 0 Å². The van der Waals surface area contributed by atoms with Crippen LogP contribution in [0.15, 0.2) is 54.6 Å². The van der Waals surface area contributed by atoms with Crippen molar-refractivity contribution in [3.05, 3.63) is 75.8 Å². The van der Waals surface area contributed by atoms with Crippen molar-refractivity contribution < 1.29 is 14.5 Å². The van der Waals surface area contributed by atoms with E-state index < -0.39 is 16.4 Å². The van der Waals surface area contributed by atoms with E-state index in [1.807, 2.05) is 30.3 Å². The molecule has 2 aromatic carbocycles. The monoisotopic (exact) mass is 440 g/mol. The molecular formula is C24H32N4O4. The topological polar surface area (TPSA) is 110 Å². The number of amides is 2. The lowest BCUT2D eigenvalue weighted by molar-refractivity contribution is -0.384. The van der Waals surface area contributed by atoms with Gasteiger partial charge in [0.25, 0.3) is 11.6 Å². The van der Waals surface area contributed by atoms with Crippen molar-refractivity contribution >= 4 is 17.5 Å². The number of benzene rings is 2. The number of rotatable bonds is 12. The van der Waals surface area contributed by atoms with E-state index in [1.54, 1.807) is 6.92 Å². The molecule has 2 rings (SSSR count). The Kier molecular flexibility index (Phi) is 8.90. The fourth-order valence-corrected chi connectivity index (χ4v) is 3.76. The van der Waals surface area contributed by atoms with Gasteiger partial charge in [0, 0.05) is 30.7 Å². The maximum absolute atomic E-state index is 13.5. The Labute approximate surface area is 189 Å². The molecule has 8 nitrogen and oxygen atoms in total. The lowest BCUT2D eigenvalue weighted by Crippen LogP contribution is -2.59. The molecule has 172 valence electrons. The first kappa shape index (κ1) is 25.0. The molecule has 0 saturated carbocycles. The average Bonchev–Trinajstić information content (AvgIpc) is 2.79. The molecule has 1 atom stereocenters. The summed E-state index contributed by atoms with van der Waals surface area (Å²) in [7, 11) is 0. The Morgan fingerprint density at radius 1 is 1.00 bits per heavy atom. The van der Waals surface area contributed by atoms with E-state index >= 15 is 0 Å². The van der Waals surface area contributed by atoms with Crippen molar-refractivity contribution in [3.63, 3.8) is 0 Å². The first-order chi connectivity index (χ1) is 15.2. The van der Waals surface area contributed by atoms with Crippen LogP contribution in [0.1, 0.15) is 43.1 Å². The Morgan fingerprint density at radius 3 is 2.09 bits per heavy atom. The largest absolute Gasteiger partial charge is 0.368 e. The van der Waals surface area contributed by atoms with E-state index in [0.717, 1.165) is 25.2 Å². The quantitative estimate of drug-likeness (QED) is 0.402. The van der Waals surface area contributed by atoms with E-state index in [-0.39, 0.29) is 23.6 Å². The van der Waals surface area contributed by atoms with Gasteiger partial charge in [-0.2, -0.15) is 0 Å². The molecule has 8 heteroatoms. The molecule has 0 aliphatic carbocycles. The van der Waals surface area contributed by atoms with Crippen LogP contribution < -0.4 is 5.73 Å². The number of carbonyl (C=O) groups is 2. The molecule has 1 unspecified atom stereocenters. The SMILES string of the molecule is CCN(CC)CCCN(C(=O)c1ccc([N+](=O)[O-])cc1)C(C)(Cc1ccccc1)C(N)=O. The molecule has 0 heterocycles. The van der Waals surface area contributed by atoms with Crippen molar-refractivity contribution in [2.24, 2.45) is 5.73 Å². The van der Waals surface area contributed by atoms with Gasteiger partial charge in [-0.25, -0.2) is 0 Å². The number of nitrogens with zero attached hydrogens (tertiary/aromatic N) is 3. The highest BCUT2D eigenvalue weighted by molar-refractivity contribution is 5.99. The zero-order valence-corrected chi connectivity index (χ0v) is 19.0. The smallest absolute Gasteiger partial charge is 0.269 e. The summed E-state index contributed by atoms with van der Waals surface area (Å²) in [4.78, 5) is 40.4. The molecule has 0 radical (unpaired) electrons. The number of nitrogens with two attached hydrogens (primary N) is 1. The second kappa shape index (κ2) is 11.4. The molecule has 0 spiro atoms. The molecule has 0 fully saturated rings. The number of primary amides is 1. The van der Waals surface area contributed by atoms with Gasteiger partial charge in [-0.3, -0.25) is 19.7 Å². The minimum Gasteiger partial charge on any atom is -0.368 e. The van der Waals surface area contributed by atoms with Gasteiger partial charge in [0.15, 0.2) is 0 Å². The Hall–Kier alpha value is -3.26. The molecule has 2 amide bonds. The van der Waals surface area contributed by atoms with E-state index in [9.17, 15) is 19.7 Å². The van der Waals surface area contributed by atoms with Gasteiger partial charge in [0.1, 0.15) is 5.54 Å². The third-order valence-corrected chi connectivity index (χ3v) is 5.84. The Morgan fingerprint density at radius 2 is 1.59 bits per heavy atom. The highest BCUT2D eigenvalue weighted by Gasteiger charge is 2.41. The number of hydrogen-bond acceptors (Lipinski definition) is 5. The maximum atomic E-state index is 13.5. The van der Waals surface area contributed by atoms with Crippen molar-refractivity contribution in [2.75, 3.05) is 26.2 Å². The predicted octanol–water partition coefficient (Wildman–Crippen LogP) is 3.26. The molecule has 0 saturated heterocycles. The van der Waals surface area contributed by atoms with E-state index in [1.165, 1.54) is 29.2 Å². The summed E-state index contributed by atoms with van der Waals surface area (Å²) < 4.78 is 0. The lowest BCUT2D eigenvalue weighted by atomic mass is 9.89. The van der Waals surface area contributed by atoms with Crippen LogP contribution in [-0.2, 0) is 11.2 Å². The Balaban J connectivity index is 2.38. The van der Waals surface area contributed by atoms with Crippen LogP contribution in [0, 0.1) is 10.1 Å². The van der Waals surface area contributed by atoms with Gasteiger partial charge in [-0.05, 0) is 50.7 Å². The third kappa shape index (κ3) is 6.13. The van der Waals surface area contributed by atoms with Gasteiger partial charge in [-0.1, -0.05) is 44.2 Å². The highest BCUT2D eigenvalue weighted by Crippen LogP contribution is 2.25. The third-order valence-electron chi connectivity index (χ3n) is 5.84. The number of hydrogen-bond donors (Lipinski definition) is 1. The zero-order chi connectivity index (χ0) is 23.7. The van der Waals surface area contributed by atoms with Crippen molar-refractivity contribution in [1.29, 1.82) is 0 Å². The molecule has 0 aromatic heterocycles. The summed E-state index contributed by atoms with van der Waals surface area (Å²) in [6.45, 7) is 8.73. The fraction of sp³-hybridized carbons (Fsp3) is 0.417.